The molecule has 1 nitrogen and oxygen atoms in total. The zero-order chi connectivity index (χ0) is 14.0. The van der Waals surface area contributed by atoms with E-state index in [1.54, 1.807) is 12.1 Å². The SMILES string of the molecule is CC1CCC(C(C)C)C(Nc2ccc(Cl)cc2F)C1. The number of halogens is 2. The first-order valence-corrected chi connectivity index (χ1v) is 7.56. The molecule has 1 aromatic carbocycles. The van der Waals surface area contributed by atoms with Crippen LogP contribution in [0.1, 0.15) is 40.0 Å². The molecule has 0 saturated heterocycles. The Morgan fingerprint density at radius 3 is 2.68 bits per heavy atom. The first-order chi connectivity index (χ1) is 8.97. The summed E-state index contributed by atoms with van der Waals surface area (Å²) in [5.41, 5.74) is 0.578. The maximum absolute atomic E-state index is 13.9. The van der Waals surface area contributed by atoms with Gasteiger partial charge in [-0.25, -0.2) is 4.39 Å². The van der Waals surface area contributed by atoms with E-state index in [0.717, 1.165) is 6.42 Å². The van der Waals surface area contributed by atoms with E-state index in [-0.39, 0.29) is 5.82 Å². The second-order valence-electron chi connectivity index (χ2n) is 6.20. The predicted molar refractivity (Wildman–Crippen MR) is 80.2 cm³/mol. The van der Waals surface area contributed by atoms with Gasteiger partial charge in [-0.3, -0.25) is 0 Å². The van der Waals surface area contributed by atoms with Crippen LogP contribution in [0.5, 0.6) is 0 Å². The van der Waals surface area contributed by atoms with Gasteiger partial charge < -0.3 is 5.32 Å². The van der Waals surface area contributed by atoms with Crippen LogP contribution in [0, 0.1) is 23.6 Å². The van der Waals surface area contributed by atoms with Crippen molar-refractivity contribution in [1.29, 1.82) is 0 Å². The monoisotopic (exact) mass is 283 g/mol. The molecule has 0 spiro atoms. The molecule has 0 heterocycles. The molecule has 0 bridgehead atoms. The first kappa shape index (κ1) is 14.6. The summed E-state index contributed by atoms with van der Waals surface area (Å²) in [6, 6.07) is 5.22. The standard InChI is InChI=1S/C16H23ClFN/c1-10(2)13-6-4-11(3)8-16(13)19-15-7-5-12(17)9-14(15)18/h5,7,9-11,13,16,19H,4,6,8H2,1-3H3. The van der Waals surface area contributed by atoms with Gasteiger partial charge in [-0.15, -0.1) is 0 Å². The lowest BCUT2D eigenvalue weighted by Crippen LogP contribution is -2.38. The van der Waals surface area contributed by atoms with Gasteiger partial charge in [-0.1, -0.05) is 38.8 Å². The summed E-state index contributed by atoms with van der Waals surface area (Å²) in [4.78, 5) is 0. The van der Waals surface area contributed by atoms with Crippen molar-refractivity contribution < 1.29 is 4.39 Å². The largest absolute Gasteiger partial charge is 0.380 e. The molecule has 3 atom stereocenters. The third kappa shape index (κ3) is 3.62. The Morgan fingerprint density at radius 2 is 2.05 bits per heavy atom. The molecule has 3 unspecified atom stereocenters. The molecule has 1 N–H and O–H groups in total. The Balaban J connectivity index is 2.14. The van der Waals surface area contributed by atoms with Crippen LogP contribution in [-0.2, 0) is 0 Å². The van der Waals surface area contributed by atoms with Crippen molar-refractivity contribution in [2.45, 2.75) is 46.1 Å². The molecular formula is C16H23ClFN. The minimum absolute atomic E-state index is 0.256. The van der Waals surface area contributed by atoms with Gasteiger partial charge in [0.15, 0.2) is 0 Å². The fourth-order valence-electron chi connectivity index (χ4n) is 3.17. The number of anilines is 1. The average molecular weight is 284 g/mol. The summed E-state index contributed by atoms with van der Waals surface area (Å²) in [7, 11) is 0. The summed E-state index contributed by atoms with van der Waals surface area (Å²) in [6.45, 7) is 6.80. The number of rotatable bonds is 3. The highest BCUT2D eigenvalue weighted by Crippen LogP contribution is 2.35. The molecule has 0 radical (unpaired) electrons. The van der Waals surface area contributed by atoms with Gasteiger partial charge in [0, 0.05) is 11.1 Å². The molecule has 1 aromatic rings. The van der Waals surface area contributed by atoms with Crippen LogP contribution in [0.15, 0.2) is 18.2 Å². The lowest BCUT2D eigenvalue weighted by Gasteiger charge is -2.38. The second kappa shape index (κ2) is 6.13. The Hall–Kier alpha value is -0.760. The molecule has 19 heavy (non-hydrogen) atoms. The highest BCUT2D eigenvalue weighted by atomic mass is 35.5. The van der Waals surface area contributed by atoms with Crippen molar-refractivity contribution >= 4 is 17.3 Å². The third-order valence-electron chi connectivity index (χ3n) is 4.29. The van der Waals surface area contributed by atoms with Gasteiger partial charge in [0.05, 0.1) is 5.69 Å². The van der Waals surface area contributed by atoms with Gasteiger partial charge in [0.2, 0.25) is 0 Å². The maximum Gasteiger partial charge on any atom is 0.147 e. The van der Waals surface area contributed by atoms with Crippen LogP contribution in [0.2, 0.25) is 5.02 Å². The molecule has 1 fully saturated rings. The molecule has 106 valence electrons. The summed E-state index contributed by atoms with van der Waals surface area (Å²) in [5.74, 6) is 1.70. The van der Waals surface area contributed by atoms with Crippen molar-refractivity contribution in [3.63, 3.8) is 0 Å². The average Bonchev–Trinajstić information content (AvgIpc) is 2.32. The normalized spacial score (nSPS) is 27.6. The van der Waals surface area contributed by atoms with Crippen molar-refractivity contribution in [2.75, 3.05) is 5.32 Å². The number of hydrogen-bond acceptors (Lipinski definition) is 1. The Kier molecular flexibility index (Phi) is 4.72. The Morgan fingerprint density at radius 1 is 1.32 bits per heavy atom. The summed E-state index contributed by atoms with van der Waals surface area (Å²) in [6.07, 6.45) is 3.63. The minimum atomic E-state index is -0.256. The molecule has 1 aliphatic rings. The van der Waals surface area contributed by atoms with Crippen LogP contribution >= 0.6 is 11.6 Å². The van der Waals surface area contributed by atoms with Gasteiger partial charge in [-0.05, 0) is 48.8 Å². The van der Waals surface area contributed by atoms with Crippen LogP contribution < -0.4 is 5.32 Å². The highest BCUT2D eigenvalue weighted by Gasteiger charge is 2.30. The van der Waals surface area contributed by atoms with Crippen LogP contribution in [0.25, 0.3) is 0 Å². The van der Waals surface area contributed by atoms with Crippen molar-refractivity contribution in [1.82, 2.24) is 0 Å². The number of benzene rings is 1. The van der Waals surface area contributed by atoms with E-state index in [9.17, 15) is 4.39 Å². The zero-order valence-corrected chi connectivity index (χ0v) is 12.7. The maximum atomic E-state index is 13.9. The highest BCUT2D eigenvalue weighted by molar-refractivity contribution is 6.30. The predicted octanol–water partition coefficient (Wildman–Crippen LogP) is 5.35. The van der Waals surface area contributed by atoms with Crippen LogP contribution in [-0.4, -0.2) is 6.04 Å². The van der Waals surface area contributed by atoms with Gasteiger partial charge >= 0.3 is 0 Å². The fourth-order valence-corrected chi connectivity index (χ4v) is 3.33. The van der Waals surface area contributed by atoms with Crippen molar-refractivity contribution in [2.24, 2.45) is 17.8 Å². The third-order valence-corrected chi connectivity index (χ3v) is 4.53. The number of hydrogen-bond donors (Lipinski definition) is 1. The van der Waals surface area contributed by atoms with E-state index < -0.39 is 0 Å². The summed E-state index contributed by atoms with van der Waals surface area (Å²) < 4.78 is 13.9. The Labute approximate surface area is 120 Å². The van der Waals surface area contributed by atoms with E-state index in [1.807, 2.05) is 0 Å². The molecule has 1 aliphatic carbocycles. The van der Waals surface area contributed by atoms with Crippen molar-refractivity contribution in [3.8, 4) is 0 Å². The molecular weight excluding hydrogens is 261 g/mol. The fraction of sp³-hybridized carbons (Fsp3) is 0.625. The molecule has 2 rings (SSSR count). The second-order valence-corrected chi connectivity index (χ2v) is 6.64. The van der Waals surface area contributed by atoms with Gasteiger partial charge in [0.25, 0.3) is 0 Å². The van der Waals surface area contributed by atoms with E-state index in [0.29, 0.717) is 34.5 Å². The van der Waals surface area contributed by atoms with E-state index in [1.165, 1.54) is 18.9 Å². The Bertz CT molecular complexity index is 433. The summed E-state index contributed by atoms with van der Waals surface area (Å²) in [5, 5.41) is 3.85. The first-order valence-electron chi connectivity index (χ1n) is 7.19. The molecule has 3 heteroatoms. The summed E-state index contributed by atoms with van der Waals surface area (Å²) >= 11 is 5.79. The van der Waals surface area contributed by atoms with Crippen molar-refractivity contribution in [3.05, 3.63) is 29.0 Å². The lowest BCUT2D eigenvalue weighted by molar-refractivity contribution is 0.211. The molecule has 0 aromatic heterocycles. The molecule has 0 aliphatic heterocycles. The minimum Gasteiger partial charge on any atom is -0.380 e. The topological polar surface area (TPSA) is 12.0 Å². The zero-order valence-electron chi connectivity index (χ0n) is 11.9. The quantitative estimate of drug-likeness (QED) is 0.788. The van der Waals surface area contributed by atoms with E-state index >= 15 is 0 Å². The van der Waals surface area contributed by atoms with E-state index in [2.05, 4.69) is 26.1 Å². The smallest absolute Gasteiger partial charge is 0.147 e. The van der Waals surface area contributed by atoms with Crippen LogP contribution in [0.3, 0.4) is 0 Å². The number of nitrogens with one attached hydrogen (secondary N) is 1. The lowest BCUT2D eigenvalue weighted by atomic mass is 9.74. The van der Waals surface area contributed by atoms with E-state index in [4.69, 9.17) is 11.6 Å². The van der Waals surface area contributed by atoms with Gasteiger partial charge in [-0.2, -0.15) is 0 Å². The van der Waals surface area contributed by atoms with Gasteiger partial charge in [0.1, 0.15) is 5.82 Å². The molecule has 0 amide bonds. The molecule has 1 saturated carbocycles. The van der Waals surface area contributed by atoms with Crippen LogP contribution in [0.4, 0.5) is 10.1 Å².